The van der Waals surface area contributed by atoms with Crippen molar-refractivity contribution in [1.29, 1.82) is 0 Å². The van der Waals surface area contributed by atoms with Gasteiger partial charge in [0.2, 0.25) is 0 Å². The predicted octanol–water partition coefficient (Wildman–Crippen LogP) is 2.32. The largest absolute Gasteiger partial charge is 0.356 e. The molecule has 0 unspecified atom stereocenters. The highest BCUT2D eigenvalue weighted by Crippen LogP contribution is 2.18. The minimum atomic E-state index is -0.255. The lowest BCUT2D eigenvalue weighted by Gasteiger charge is -2.26. The first-order valence-electron chi connectivity index (χ1n) is 6.35. The Bertz CT molecular complexity index is 514. The van der Waals surface area contributed by atoms with Crippen LogP contribution in [-0.2, 0) is 0 Å². The highest BCUT2D eigenvalue weighted by atomic mass is 15.3. The monoisotopic (exact) mass is 256 g/mol. The van der Waals surface area contributed by atoms with Crippen LogP contribution in [0, 0.1) is 0 Å². The first-order valence-corrected chi connectivity index (χ1v) is 6.35. The molecule has 0 saturated heterocycles. The van der Waals surface area contributed by atoms with Gasteiger partial charge in [0.15, 0.2) is 5.82 Å². The van der Waals surface area contributed by atoms with E-state index in [0.29, 0.717) is 0 Å². The van der Waals surface area contributed by atoms with Crippen LogP contribution in [0.15, 0.2) is 42.5 Å². The Hall–Kier alpha value is -1.94. The highest BCUT2D eigenvalue weighted by Gasteiger charge is 2.15. The molecule has 0 spiro atoms. The average molecular weight is 256 g/mol. The van der Waals surface area contributed by atoms with Gasteiger partial charge in [0.25, 0.3) is 0 Å². The lowest BCUT2D eigenvalue weighted by atomic mass is 10.1. The number of aromatic nitrogens is 2. The van der Waals surface area contributed by atoms with Crippen molar-refractivity contribution in [2.24, 2.45) is 5.73 Å². The summed E-state index contributed by atoms with van der Waals surface area (Å²) in [6.07, 6.45) is 0. The minimum Gasteiger partial charge on any atom is -0.356 e. The first-order chi connectivity index (χ1) is 8.96. The van der Waals surface area contributed by atoms with Gasteiger partial charge >= 0.3 is 0 Å². The van der Waals surface area contributed by atoms with E-state index in [4.69, 9.17) is 5.73 Å². The van der Waals surface area contributed by atoms with Gasteiger partial charge in [-0.05, 0) is 26.0 Å². The topological polar surface area (TPSA) is 55.0 Å². The van der Waals surface area contributed by atoms with E-state index in [0.717, 1.165) is 23.6 Å². The van der Waals surface area contributed by atoms with Crippen molar-refractivity contribution >= 4 is 5.82 Å². The zero-order valence-corrected chi connectivity index (χ0v) is 11.7. The van der Waals surface area contributed by atoms with E-state index >= 15 is 0 Å². The smallest absolute Gasteiger partial charge is 0.151 e. The van der Waals surface area contributed by atoms with E-state index < -0.39 is 0 Å². The predicted molar refractivity (Wildman–Crippen MR) is 79.0 cm³/mol. The summed E-state index contributed by atoms with van der Waals surface area (Å²) in [5.74, 6) is 0.832. The maximum Gasteiger partial charge on any atom is 0.151 e. The molecule has 4 heteroatoms. The molecule has 0 atom stereocenters. The van der Waals surface area contributed by atoms with Gasteiger partial charge in [0.05, 0.1) is 5.69 Å². The molecule has 2 N–H and O–H groups in total. The molecule has 1 aromatic heterocycles. The summed E-state index contributed by atoms with van der Waals surface area (Å²) in [7, 11) is 1.97. The molecule has 1 heterocycles. The van der Waals surface area contributed by atoms with E-state index in [9.17, 15) is 0 Å². The van der Waals surface area contributed by atoms with Crippen LogP contribution in [0.2, 0.25) is 0 Å². The molecule has 2 aromatic rings. The molecule has 19 heavy (non-hydrogen) atoms. The average Bonchev–Trinajstić information content (AvgIpc) is 2.38. The number of nitrogens with zero attached hydrogens (tertiary/aromatic N) is 3. The Balaban J connectivity index is 2.15. The number of anilines is 1. The van der Waals surface area contributed by atoms with Crippen LogP contribution < -0.4 is 10.6 Å². The molecular weight excluding hydrogens is 236 g/mol. The van der Waals surface area contributed by atoms with Gasteiger partial charge < -0.3 is 10.6 Å². The number of rotatable bonds is 4. The Morgan fingerprint density at radius 2 is 1.74 bits per heavy atom. The Morgan fingerprint density at radius 3 is 2.26 bits per heavy atom. The number of likely N-dealkylation sites (N-methyl/N-ethyl adjacent to an activating group) is 1. The summed E-state index contributed by atoms with van der Waals surface area (Å²) < 4.78 is 0. The van der Waals surface area contributed by atoms with Crippen molar-refractivity contribution in [3.63, 3.8) is 0 Å². The van der Waals surface area contributed by atoms with Gasteiger partial charge in [-0.2, -0.15) is 0 Å². The van der Waals surface area contributed by atoms with Crippen molar-refractivity contribution < 1.29 is 0 Å². The standard InChI is InChI=1S/C15H20N4/c1-15(2,16)11-19(3)14-10-9-13(17-18-14)12-7-5-4-6-8-12/h4-10H,11,16H2,1-3H3. The normalized spacial score (nSPS) is 11.4. The van der Waals surface area contributed by atoms with Crippen LogP contribution in [0.3, 0.4) is 0 Å². The summed E-state index contributed by atoms with van der Waals surface area (Å²) in [6.45, 7) is 4.72. The fourth-order valence-corrected chi connectivity index (χ4v) is 1.98. The van der Waals surface area contributed by atoms with Gasteiger partial charge in [-0.3, -0.25) is 0 Å². The van der Waals surface area contributed by atoms with Crippen molar-refractivity contribution in [3.8, 4) is 11.3 Å². The van der Waals surface area contributed by atoms with Crippen LogP contribution in [0.4, 0.5) is 5.82 Å². The lowest BCUT2D eigenvalue weighted by molar-refractivity contribution is 0.516. The molecule has 100 valence electrons. The number of benzene rings is 1. The molecule has 0 fully saturated rings. The number of hydrogen-bond acceptors (Lipinski definition) is 4. The van der Waals surface area contributed by atoms with Crippen LogP contribution in [0.5, 0.6) is 0 Å². The van der Waals surface area contributed by atoms with E-state index in [1.165, 1.54) is 0 Å². The molecule has 1 aromatic carbocycles. The Morgan fingerprint density at radius 1 is 1.05 bits per heavy atom. The van der Waals surface area contributed by atoms with Crippen LogP contribution in [-0.4, -0.2) is 29.3 Å². The first kappa shape index (κ1) is 13.5. The second-order valence-corrected chi connectivity index (χ2v) is 5.49. The highest BCUT2D eigenvalue weighted by molar-refractivity contribution is 5.59. The summed E-state index contributed by atoms with van der Waals surface area (Å²) in [4.78, 5) is 2.02. The third kappa shape index (κ3) is 3.76. The van der Waals surface area contributed by atoms with Crippen LogP contribution in [0.25, 0.3) is 11.3 Å². The molecule has 0 radical (unpaired) electrons. The molecule has 0 saturated carbocycles. The Kier molecular flexibility index (Phi) is 3.81. The number of nitrogens with two attached hydrogens (primary N) is 1. The van der Waals surface area contributed by atoms with Crippen LogP contribution >= 0.6 is 0 Å². The molecule has 0 aliphatic carbocycles. The van der Waals surface area contributed by atoms with Gasteiger partial charge in [0.1, 0.15) is 0 Å². The Labute approximate surface area is 114 Å². The van der Waals surface area contributed by atoms with Crippen molar-refractivity contribution in [2.75, 3.05) is 18.5 Å². The molecule has 0 aliphatic rings. The van der Waals surface area contributed by atoms with E-state index in [-0.39, 0.29) is 5.54 Å². The van der Waals surface area contributed by atoms with Crippen molar-refractivity contribution in [1.82, 2.24) is 10.2 Å². The summed E-state index contributed by atoms with van der Waals surface area (Å²) in [5.41, 5.74) is 7.70. The van der Waals surface area contributed by atoms with Crippen molar-refractivity contribution in [2.45, 2.75) is 19.4 Å². The SMILES string of the molecule is CN(CC(C)(C)N)c1ccc(-c2ccccc2)nn1. The second-order valence-electron chi connectivity index (χ2n) is 5.49. The van der Waals surface area contributed by atoms with Gasteiger partial charge in [-0.25, -0.2) is 0 Å². The maximum atomic E-state index is 6.00. The molecule has 0 aliphatic heterocycles. The van der Waals surface area contributed by atoms with Crippen LogP contribution in [0.1, 0.15) is 13.8 Å². The number of hydrogen-bond donors (Lipinski definition) is 1. The molecule has 0 amide bonds. The third-order valence-electron chi connectivity index (χ3n) is 2.76. The minimum absolute atomic E-state index is 0.255. The summed E-state index contributed by atoms with van der Waals surface area (Å²) >= 11 is 0. The molecular formula is C15H20N4. The zero-order valence-electron chi connectivity index (χ0n) is 11.7. The van der Waals surface area contributed by atoms with Gasteiger partial charge in [-0.1, -0.05) is 30.3 Å². The summed E-state index contributed by atoms with van der Waals surface area (Å²) in [5, 5.41) is 8.53. The van der Waals surface area contributed by atoms with E-state index in [1.807, 2.05) is 68.3 Å². The molecule has 0 bridgehead atoms. The van der Waals surface area contributed by atoms with Gasteiger partial charge in [0, 0.05) is 24.7 Å². The fourth-order valence-electron chi connectivity index (χ4n) is 1.98. The third-order valence-corrected chi connectivity index (χ3v) is 2.76. The van der Waals surface area contributed by atoms with E-state index in [1.54, 1.807) is 0 Å². The van der Waals surface area contributed by atoms with Gasteiger partial charge in [-0.15, -0.1) is 10.2 Å². The second kappa shape index (κ2) is 5.36. The zero-order chi connectivity index (χ0) is 13.9. The summed E-state index contributed by atoms with van der Waals surface area (Å²) in [6, 6.07) is 14.0. The maximum absolute atomic E-state index is 6.00. The van der Waals surface area contributed by atoms with Crippen molar-refractivity contribution in [3.05, 3.63) is 42.5 Å². The molecule has 4 nitrogen and oxygen atoms in total. The quantitative estimate of drug-likeness (QED) is 0.912. The lowest BCUT2D eigenvalue weighted by Crippen LogP contribution is -2.44. The molecule has 2 rings (SSSR count). The fraction of sp³-hybridized carbons (Fsp3) is 0.333. The van der Waals surface area contributed by atoms with E-state index in [2.05, 4.69) is 10.2 Å².